The van der Waals surface area contributed by atoms with Gasteiger partial charge in [-0.3, -0.25) is 0 Å². The van der Waals surface area contributed by atoms with Gasteiger partial charge in [-0.05, 0) is 60.9 Å². The van der Waals surface area contributed by atoms with Crippen LogP contribution in [0.3, 0.4) is 0 Å². The number of benzene rings is 1. The Morgan fingerprint density at radius 1 is 1.14 bits per heavy atom. The summed E-state index contributed by atoms with van der Waals surface area (Å²) in [4.78, 5) is 0. The molecule has 1 unspecified atom stereocenters. The molecule has 0 bridgehead atoms. The zero-order chi connectivity index (χ0) is 15.7. The van der Waals surface area contributed by atoms with Crippen LogP contribution in [0, 0.1) is 32.4 Å². The summed E-state index contributed by atoms with van der Waals surface area (Å²) in [5.74, 6) is 0.286. The standard InChI is InChI=1S/C16H18BrF2NO/c1-5-20-16(13-8(2)9(3)21-10(13)4)14-12(18)7-6-11(17)15(14)19/h6-7,16,20H,5H2,1-4H3. The first-order valence-electron chi connectivity index (χ1n) is 6.81. The van der Waals surface area contributed by atoms with E-state index in [1.165, 1.54) is 12.1 Å². The fourth-order valence-electron chi connectivity index (χ4n) is 2.59. The zero-order valence-corrected chi connectivity index (χ0v) is 14.1. The van der Waals surface area contributed by atoms with Gasteiger partial charge in [-0.25, -0.2) is 8.78 Å². The van der Waals surface area contributed by atoms with E-state index in [1.54, 1.807) is 0 Å². The summed E-state index contributed by atoms with van der Waals surface area (Å²) in [6.45, 7) is 8.05. The Labute approximate surface area is 131 Å². The van der Waals surface area contributed by atoms with Crippen molar-refractivity contribution in [1.82, 2.24) is 5.32 Å². The van der Waals surface area contributed by atoms with Crippen LogP contribution in [0.5, 0.6) is 0 Å². The zero-order valence-electron chi connectivity index (χ0n) is 12.5. The average Bonchev–Trinajstić information content (AvgIpc) is 2.67. The highest BCUT2D eigenvalue weighted by molar-refractivity contribution is 9.10. The van der Waals surface area contributed by atoms with E-state index < -0.39 is 17.7 Å². The molecule has 0 amide bonds. The molecule has 0 radical (unpaired) electrons. The monoisotopic (exact) mass is 357 g/mol. The third-order valence-corrected chi connectivity index (χ3v) is 4.30. The molecule has 1 aromatic carbocycles. The minimum absolute atomic E-state index is 0.0122. The van der Waals surface area contributed by atoms with Crippen molar-refractivity contribution in [2.24, 2.45) is 0 Å². The lowest BCUT2D eigenvalue weighted by atomic mass is 9.94. The van der Waals surface area contributed by atoms with Crippen LogP contribution in [0.1, 0.15) is 41.2 Å². The number of rotatable bonds is 4. The van der Waals surface area contributed by atoms with Crippen LogP contribution >= 0.6 is 15.9 Å². The first kappa shape index (κ1) is 16.2. The number of hydrogen-bond acceptors (Lipinski definition) is 2. The van der Waals surface area contributed by atoms with E-state index in [1.807, 2.05) is 27.7 Å². The lowest BCUT2D eigenvalue weighted by Gasteiger charge is -2.21. The second-order valence-electron chi connectivity index (χ2n) is 5.00. The van der Waals surface area contributed by atoms with Gasteiger partial charge in [-0.15, -0.1) is 0 Å². The SMILES string of the molecule is CCNC(c1c(C)oc(C)c1C)c1c(F)ccc(Br)c1F. The molecule has 0 spiro atoms. The molecule has 0 saturated heterocycles. The quantitative estimate of drug-likeness (QED) is 0.783. The molecule has 1 heterocycles. The van der Waals surface area contributed by atoms with Crippen molar-refractivity contribution in [1.29, 1.82) is 0 Å². The first-order chi connectivity index (χ1) is 9.88. The van der Waals surface area contributed by atoms with E-state index in [4.69, 9.17) is 4.42 Å². The minimum Gasteiger partial charge on any atom is -0.466 e. The smallest absolute Gasteiger partial charge is 0.145 e. The van der Waals surface area contributed by atoms with Gasteiger partial charge in [-0.1, -0.05) is 6.92 Å². The molecular weight excluding hydrogens is 340 g/mol. The van der Waals surface area contributed by atoms with Crippen LogP contribution in [0.4, 0.5) is 8.78 Å². The van der Waals surface area contributed by atoms with Crippen LogP contribution in [0.2, 0.25) is 0 Å². The number of aryl methyl sites for hydroxylation is 2. The van der Waals surface area contributed by atoms with Gasteiger partial charge in [0.05, 0.1) is 10.5 Å². The molecule has 0 saturated carbocycles. The average molecular weight is 358 g/mol. The van der Waals surface area contributed by atoms with Crippen molar-refractivity contribution >= 4 is 15.9 Å². The second kappa shape index (κ2) is 6.28. The predicted molar refractivity (Wildman–Crippen MR) is 82.5 cm³/mol. The topological polar surface area (TPSA) is 25.2 Å². The summed E-state index contributed by atoms with van der Waals surface area (Å²) in [5, 5.41) is 3.16. The highest BCUT2D eigenvalue weighted by Gasteiger charge is 2.28. The molecule has 2 nitrogen and oxygen atoms in total. The molecule has 1 N–H and O–H groups in total. The molecule has 21 heavy (non-hydrogen) atoms. The Bertz CT molecular complexity index is 667. The largest absolute Gasteiger partial charge is 0.466 e. The van der Waals surface area contributed by atoms with Gasteiger partial charge < -0.3 is 9.73 Å². The number of nitrogens with one attached hydrogen (secondary N) is 1. The van der Waals surface area contributed by atoms with Crippen molar-refractivity contribution < 1.29 is 13.2 Å². The number of furan rings is 1. The summed E-state index contributed by atoms with van der Waals surface area (Å²) >= 11 is 3.12. The fraction of sp³-hybridized carbons (Fsp3) is 0.375. The molecule has 0 fully saturated rings. The Balaban J connectivity index is 2.68. The third kappa shape index (κ3) is 2.90. The van der Waals surface area contributed by atoms with Crippen LogP contribution in [-0.2, 0) is 0 Å². The van der Waals surface area contributed by atoms with E-state index in [-0.39, 0.29) is 10.0 Å². The molecular formula is C16H18BrF2NO. The Kier molecular flexibility index (Phi) is 4.84. The maximum atomic E-state index is 14.4. The van der Waals surface area contributed by atoms with Gasteiger partial charge in [0.1, 0.15) is 23.2 Å². The van der Waals surface area contributed by atoms with Crippen molar-refractivity contribution in [3.63, 3.8) is 0 Å². The molecule has 114 valence electrons. The first-order valence-corrected chi connectivity index (χ1v) is 7.61. The minimum atomic E-state index is -0.585. The number of hydrogen-bond donors (Lipinski definition) is 1. The van der Waals surface area contributed by atoms with Gasteiger partial charge in [0.25, 0.3) is 0 Å². The van der Waals surface area contributed by atoms with E-state index in [0.29, 0.717) is 12.3 Å². The van der Waals surface area contributed by atoms with Crippen LogP contribution in [0.15, 0.2) is 21.0 Å². The fourth-order valence-corrected chi connectivity index (χ4v) is 2.94. The maximum absolute atomic E-state index is 14.4. The van der Waals surface area contributed by atoms with Crippen molar-refractivity contribution in [2.75, 3.05) is 6.54 Å². The maximum Gasteiger partial charge on any atom is 0.145 e. The summed E-state index contributed by atoms with van der Waals surface area (Å²) in [7, 11) is 0. The molecule has 1 atom stereocenters. The van der Waals surface area contributed by atoms with Gasteiger partial charge in [-0.2, -0.15) is 0 Å². The lowest BCUT2D eigenvalue weighted by Crippen LogP contribution is -2.25. The third-order valence-electron chi connectivity index (χ3n) is 3.68. The van der Waals surface area contributed by atoms with E-state index in [2.05, 4.69) is 21.2 Å². The molecule has 2 aromatic rings. The molecule has 2 rings (SSSR count). The van der Waals surface area contributed by atoms with E-state index in [0.717, 1.165) is 16.9 Å². The van der Waals surface area contributed by atoms with Gasteiger partial charge >= 0.3 is 0 Å². The highest BCUT2D eigenvalue weighted by atomic mass is 79.9. The molecule has 1 aromatic heterocycles. The van der Waals surface area contributed by atoms with Gasteiger partial charge in [0.15, 0.2) is 0 Å². The van der Waals surface area contributed by atoms with Crippen molar-refractivity contribution in [3.05, 3.63) is 56.5 Å². The van der Waals surface area contributed by atoms with Gasteiger partial charge in [0, 0.05) is 11.1 Å². The Hall–Kier alpha value is -1.20. The van der Waals surface area contributed by atoms with Crippen LogP contribution in [0.25, 0.3) is 0 Å². The summed E-state index contributed by atoms with van der Waals surface area (Å²) < 4.78 is 34.5. The predicted octanol–water partition coefficient (Wildman–Crippen LogP) is 4.94. The molecule has 5 heteroatoms. The molecule has 0 aliphatic carbocycles. The van der Waals surface area contributed by atoms with E-state index in [9.17, 15) is 8.78 Å². The lowest BCUT2D eigenvalue weighted by molar-refractivity contribution is 0.482. The second-order valence-corrected chi connectivity index (χ2v) is 5.86. The summed E-state index contributed by atoms with van der Waals surface area (Å²) in [5.41, 5.74) is 1.72. The Morgan fingerprint density at radius 3 is 2.33 bits per heavy atom. The molecule has 0 aliphatic heterocycles. The molecule has 0 aliphatic rings. The number of halogens is 3. The van der Waals surface area contributed by atoms with Gasteiger partial charge in [0.2, 0.25) is 0 Å². The highest BCUT2D eigenvalue weighted by Crippen LogP contribution is 2.35. The van der Waals surface area contributed by atoms with Crippen molar-refractivity contribution in [3.8, 4) is 0 Å². The van der Waals surface area contributed by atoms with E-state index >= 15 is 0 Å². The summed E-state index contributed by atoms with van der Waals surface area (Å²) in [6.07, 6.45) is 0. The Morgan fingerprint density at radius 2 is 1.81 bits per heavy atom. The normalized spacial score (nSPS) is 12.7. The van der Waals surface area contributed by atoms with Crippen LogP contribution < -0.4 is 5.32 Å². The summed E-state index contributed by atoms with van der Waals surface area (Å²) in [6, 6.07) is 2.06. The van der Waals surface area contributed by atoms with Crippen LogP contribution in [-0.4, -0.2) is 6.54 Å². The van der Waals surface area contributed by atoms with Crippen molar-refractivity contribution in [2.45, 2.75) is 33.7 Å².